The minimum absolute atomic E-state index is 0.318. The van der Waals surface area contributed by atoms with E-state index in [0.29, 0.717) is 28.6 Å². The van der Waals surface area contributed by atoms with E-state index in [4.69, 9.17) is 5.73 Å². The monoisotopic (exact) mass is 310 g/mol. The molecule has 2 aromatic rings. The predicted octanol–water partition coefficient (Wildman–Crippen LogP) is 3.12. The number of nitrogen functional groups attached to an aromatic ring is 1. The maximum atomic E-state index is 13.8. The van der Waals surface area contributed by atoms with Crippen LogP contribution in [0.15, 0.2) is 34.9 Å². The number of nitrogens with two attached hydrogens (primary N) is 1. The lowest BCUT2D eigenvalue weighted by molar-refractivity contribution is 0.624. The molecule has 0 amide bonds. The van der Waals surface area contributed by atoms with Gasteiger partial charge < -0.3 is 10.6 Å². The van der Waals surface area contributed by atoms with Gasteiger partial charge in [-0.1, -0.05) is 12.1 Å². The van der Waals surface area contributed by atoms with Gasteiger partial charge in [0.15, 0.2) is 0 Å². The third-order valence-corrected chi connectivity index (χ3v) is 2.81. The van der Waals surface area contributed by atoms with Crippen LogP contribution in [0.5, 0.6) is 0 Å². The van der Waals surface area contributed by atoms with Crippen LogP contribution in [0.25, 0.3) is 0 Å². The lowest BCUT2D eigenvalue weighted by Crippen LogP contribution is -2.20. The highest BCUT2D eigenvalue weighted by molar-refractivity contribution is 9.10. The Labute approximate surface area is 113 Å². The Kier molecular flexibility index (Phi) is 3.76. The number of hydrogen-bond donors (Lipinski definition) is 1. The maximum absolute atomic E-state index is 13.8. The van der Waals surface area contributed by atoms with Crippen molar-refractivity contribution >= 4 is 33.4 Å². The number of hydrogen-bond acceptors (Lipinski definition) is 4. The molecular weight excluding hydrogens is 299 g/mol. The molecule has 0 aliphatic carbocycles. The van der Waals surface area contributed by atoms with Gasteiger partial charge in [0.25, 0.3) is 0 Å². The van der Waals surface area contributed by atoms with Crippen molar-refractivity contribution in [3.05, 3.63) is 40.8 Å². The summed E-state index contributed by atoms with van der Waals surface area (Å²) in [6.07, 6.45) is 0. The summed E-state index contributed by atoms with van der Waals surface area (Å²) in [5.74, 6) is 0.387. The van der Waals surface area contributed by atoms with E-state index < -0.39 is 0 Å². The molecule has 18 heavy (non-hydrogen) atoms. The fraction of sp³-hybridized carbons (Fsp3) is 0.167. The van der Waals surface area contributed by atoms with Gasteiger partial charge in [0.1, 0.15) is 16.2 Å². The molecule has 6 heteroatoms. The molecule has 0 saturated heterocycles. The Bertz CT molecular complexity index is 541. The number of halogens is 2. The number of benzene rings is 1. The molecule has 94 valence electrons. The maximum Gasteiger partial charge on any atom is 0.233 e. The molecule has 1 aromatic carbocycles. The van der Waals surface area contributed by atoms with E-state index in [1.54, 1.807) is 29.2 Å². The fourth-order valence-electron chi connectivity index (χ4n) is 1.63. The summed E-state index contributed by atoms with van der Waals surface area (Å²) in [5, 5.41) is 0. The van der Waals surface area contributed by atoms with Gasteiger partial charge in [-0.2, -0.15) is 4.98 Å². The summed E-state index contributed by atoms with van der Waals surface area (Å²) in [6.45, 7) is 2.43. The average Bonchev–Trinajstić information content (AvgIpc) is 2.31. The molecule has 2 N–H and O–H groups in total. The van der Waals surface area contributed by atoms with Gasteiger partial charge in [0.05, 0.1) is 5.69 Å². The standard InChI is InChI=1S/C12H12BrFN4/c1-2-18(9-6-4-3-5-8(9)14)12-16-10(13)7-11(15)17-12/h3-7H,2H2,1H3,(H2,15,16,17). The van der Waals surface area contributed by atoms with Crippen molar-refractivity contribution in [2.75, 3.05) is 17.2 Å². The van der Waals surface area contributed by atoms with Crippen molar-refractivity contribution < 1.29 is 4.39 Å². The second kappa shape index (κ2) is 5.30. The van der Waals surface area contributed by atoms with Crippen molar-refractivity contribution in [2.24, 2.45) is 0 Å². The summed E-state index contributed by atoms with van der Waals surface area (Å²) in [7, 11) is 0. The van der Waals surface area contributed by atoms with Gasteiger partial charge in [-0.05, 0) is 35.0 Å². The molecular formula is C12H12BrFN4. The largest absolute Gasteiger partial charge is 0.383 e. The summed E-state index contributed by atoms with van der Waals surface area (Å²) >= 11 is 3.25. The molecule has 1 aromatic heterocycles. The first-order valence-electron chi connectivity index (χ1n) is 5.44. The molecule has 0 unspecified atom stereocenters. The van der Waals surface area contributed by atoms with E-state index in [0.717, 1.165) is 0 Å². The van der Waals surface area contributed by atoms with Gasteiger partial charge >= 0.3 is 0 Å². The molecule has 2 rings (SSSR count). The third kappa shape index (κ3) is 2.59. The second-order valence-electron chi connectivity index (χ2n) is 3.61. The van der Waals surface area contributed by atoms with Crippen molar-refractivity contribution in [2.45, 2.75) is 6.92 Å². The van der Waals surface area contributed by atoms with E-state index in [2.05, 4.69) is 25.9 Å². The topological polar surface area (TPSA) is 55.0 Å². The molecule has 0 bridgehead atoms. The van der Waals surface area contributed by atoms with E-state index in [-0.39, 0.29) is 5.82 Å². The SMILES string of the molecule is CCN(c1nc(N)cc(Br)n1)c1ccccc1F. The van der Waals surface area contributed by atoms with Crippen molar-refractivity contribution in [1.82, 2.24) is 9.97 Å². The first kappa shape index (κ1) is 12.8. The molecule has 4 nitrogen and oxygen atoms in total. The van der Waals surface area contributed by atoms with Crippen LogP contribution in [0.4, 0.5) is 21.8 Å². The highest BCUT2D eigenvalue weighted by atomic mass is 79.9. The van der Waals surface area contributed by atoms with Gasteiger partial charge in [-0.15, -0.1) is 0 Å². The third-order valence-electron chi connectivity index (χ3n) is 2.40. The van der Waals surface area contributed by atoms with Crippen LogP contribution in [0.1, 0.15) is 6.92 Å². The molecule has 0 saturated carbocycles. The van der Waals surface area contributed by atoms with E-state index >= 15 is 0 Å². The Morgan fingerprint density at radius 1 is 1.33 bits per heavy atom. The fourth-order valence-corrected chi connectivity index (χ4v) is 2.03. The molecule has 0 atom stereocenters. The van der Waals surface area contributed by atoms with E-state index in [1.807, 2.05) is 6.92 Å². The zero-order chi connectivity index (χ0) is 13.1. The van der Waals surface area contributed by atoms with Crippen LogP contribution in [-0.4, -0.2) is 16.5 Å². The minimum atomic E-state index is -0.318. The Balaban J connectivity index is 2.48. The normalized spacial score (nSPS) is 10.4. The summed E-state index contributed by atoms with van der Waals surface area (Å²) in [6, 6.07) is 8.09. The molecule has 0 spiro atoms. The Morgan fingerprint density at radius 3 is 2.67 bits per heavy atom. The van der Waals surface area contributed by atoms with Crippen LogP contribution >= 0.6 is 15.9 Å². The van der Waals surface area contributed by atoms with Gasteiger partial charge in [0.2, 0.25) is 5.95 Å². The summed E-state index contributed by atoms with van der Waals surface area (Å²) in [5.41, 5.74) is 6.09. The number of nitrogens with zero attached hydrogens (tertiary/aromatic N) is 3. The van der Waals surface area contributed by atoms with Crippen LogP contribution in [0.3, 0.4) is 0 Å². The number of para-hydroxylation sites is 1. The van der Waals surface area contributed by atoms with Crippen LogP contribution in [0, 0.1) is 5.82 Å². The molecule has 0 fully saturated rings. The molecule has 0 aliphatic heterocycles. The first-order chi connectivity index (χ1) is 8.61. The van der Waals surface area contributed by atoms with Crippen LogP contribution in [-0.2, 0) is 0 Å². The van der Waals surface area contributed by atoms with E-state index in [1.165, 1.54) is 6.07 Å². The first-order valence-corrected chi connectivity index (χ1v) is 6.23. The quantitative estimate of drug-likeness (QED) is 0.885. The molecule has 0 aliphatic rings. The smallest absolute Gasteiger partial charge is 0.233 e. The van der Waals surface area contributed by atoms with Gasteiger partial charge in [-0.25, -0.2) is 9.37 Å². The van der Waals surface area contributed by atoms with E-state index in [9.17, 15) is 4.39 Å². The van der Waals surface area contributed by atoms with Crippen LogP contribution in [0.2, 0.25) is 0 Å². The lowest BCUT2D eigenvalue weighted by atomic mass is 10.3. The zero-order valence-electron chi connectivity index (χ0n) is 9.77. The van der Waals surface area contributed by atoms with Crippen LogP contribution < -0.4 is 10.6 Å². The molecule has 1 heterocycles. The van der Waals surface area contributed by atoms with Crippen molar-refractivity contribution in [3.8, 4) is 0 Å². The zero-order valence-corrected chi connectivity index (χ0v) is 11.4. The minimum Gasteiger partial charge on any atom is -0.383 e. The lowest BCUT2D eigenvalue weighted by Gasteiger charge is -2.21. The summed E-state index contributed by atoms with van der Waals surface area (Å²) < 4.78 is 14.3. The predicted molar refractivity (Wildman–Crippen MR) is 73.2 cm³/mol. The average molecular weight is 311 g/mol. The highest BCUT2D eigenvalue weighted by Gasteiger charge is 2.15. The second-order valence-corrected chi connectivity index (χ2v) is 4.42. The Morgan fingerprint density at radius 2 is 2.06 bits per heavy atom. The van der Waals surface area contributed by atoms with Gasteiger partial charge in [0, 0.05) is 12.6 Å². The van der Waals surface area contributed by atoms with Crippen molar-refractivity contribution in [3.63, 3.8) is 0 Å². The van der Waals surface area contributed by atoms with Crippen molar-refractivity contribution in [1.29, 1.82) is 0 Å². The summed E-state index contributed by atoms with van der Waals surface area (Å²) in [4.78, 5) is 9.99. The molecule has 0 radical (unpaired) electrons. The number of aromatic nitrogens is 2. The highest BCUT2D eigenvalue weighted by Crippen LogP contribution is 2.26. The van der Waals surface area contributed by atoms with Gasteiger partial charge in [-0.3, -0.25) is 0 Å². The number of rotatable bonds is 3. The Hall–Kier alpha value is -1.69. The number of anilines is 3.